The zero-order chi connectivity index (χ0) is 10.6. The lowest BCUT2D eigenvalue weighted by atomic mass is 10.4. The van der Waals surface area contributed by atoms with Gasteiger partial charge in [-0.2, -0.15) is 0 Å². The normalized spacial score (nSPS) is 10.7. The second-order valence-corrected chi connectivity index (χ2v) is 2.94. The van der Waals surface area contributed by atoms with Crippen LogP contribution in [-0.4, -0.2) is 25.8 Å². The Hall–Kier alpha value is -0.830. The number of hydrogen-bond acceptors (Lipinski definition) is 3. The molecule has 0 saturated heterocycles. The lowest BCUT2D eigenvalue weighted by molar-refractivity contribution is -0.139. The van der Waals surface area contributed by atoms with Crippen LogP contribution in [0.3, 0.4) is 0 Å². The van der Waals surface area contributed by atoms with E-state index in [4.69, 9.17) is 9.47 Å². The number of carbonyl (C=O) groups is 1. The van der Waals surface area contributed by atoms with Crippen molar-refractivity contribution in [1.29, 1.82) is 0 Å². The van der Waals surface area contributed by atoms with Crippen LogP contribution in [0.5, 0.6) is 0 Å². The molecular weight excluding hydrogens is 180 g/mol. The SMILES string of the molecule is CCC=CC(=O)OCCOCCCC. The minimum atomic E-state index is -0.286. The average molecular weight is 200 g/mol. The summed E-state index contributed by atoms with van der Waals surface area (Å²) in [6.45, 7) is 5.66. The van der Waals surface area contributed by atoms with Crippen molar-refractivity contribution >= 4 is 5.97 Å². The van der Waals surface area contributed by atoms with Gasteiger partial charge in [0.2, 0.25) is 0 Å². The summed E-state index contributed by atoms with van der Waals surface area (Å²) in [5.41, 5.74) is 0. The highest BCUT2D eigenvalue weighted by Gasteiger charge is 1.95. The zero-order valence-electron chi connectivity index (χ0n) is 9.12. The maximum absolute atomic E-state index is 10.9. The molecule has 3 heteroatoms. The lowest BCUT2D eigenvalue weighted by Crippen LogP contribution is -2.08. The highest BCUT2D eigenvalue weighted by Crippen LogP contribution is 1.89. The fourth-order valence-electron chi connectivity index (χ4n) is 0.812. The van der Waals surface area contributed by atoms with Gasteiger partial charge in [0, 0.05) is 12.7 Å². The summed E-state index contributed by atoms with van der Waals surface area (Å²) in [6, 6.07) is 0. The third-order valence-electron chi connectivity index (χ3n) is 1.60. The van der Waals surface area contributed by atoms with Gasteiger partial charge < -0.3 is 9.47 Å². The number of carbonyl (C=O) groups excluding carboxylic acids is 1. The topological polar surface area (TPSA) is 35.5 Å². The summed E-state index contributed by atoms with van der Waals surface area (Å²) < 4.78 is 10.1. The van der Waals surface area contributed by atoms with Crippen molar-refractivity contribution in [2.75, 3.05) is 19.8 Å². The van der Waals surface area contributed by atoms with Crippen molar-refractivity contribution in [3.8, 4) is 0 Å². The molecule has 0 aliphatic rings. The summed E-state index contributed by atoms with van der Waals surface area (Å²) in [4.78, 5) is 10.9. The molecule has 0 atom stereocenters. The number of esters is 1. The lowest BCUT2D eigenvalue weighted by Gasteiger charge is -2.03. The molecule has 0 N–H and O–H groups in total. The highest BCUT2D eigenvalue weighted by atomic mass is 16.6. The standard InChI is InChI=1S/C11H20O3/c1-3-5-7-11(12)14-10-9-13-8-6-4-2/h5,7H,3-4,6,8-10H2,1-2H3. The second kappa shape index (κ2) is 10.3. The number of allylic oxidation sites excluding steroid dienone is 1. The molecule has 3 nitrogen and oxygen atoms in total. The first-order chi connectivity index (χ1) is 6.81. The van der Waals surface area contributed by atoms with E-state index in [0.29, 0.717) is 13.2 Å². The van der Waals surface area contributed by atoms with Gasteiger partial charge in [0.25, 0.3) is 0 Å². The van der Waals surface area contributed by atoms with Crippen molar-refractivity contribution in [3.05, 3.63) is 12.2 Å². The molecule has 14 heavy (non-hydrogen) atoms. The fourth-order valence-corrected chi connectivity index (χ4v) is 0.812. The summed E-state index contributed by atoms with van der Waals surface area (Å²) in [5.74, 6) is -0.286. The van der Waals surface area contributed by atoms with E-state index in [1.165, 1.54) is 6.08 Å². The van der Waals surface area contributed by atoms with E-state index in [1.807, 2.05) is 6.92 Å². The van der Waals surface area contributed by atoms with Gasteiger partial charge >= 0.3 is 5.97 Å². The van der Waals surface area contributed by atoms with Crippen LogP contribution in [-0.2, 0) is 14.3 Å². The van der Waals surface area contributed by atoms with E-state index in [9.17, 15) is 4.79 Å². The zero-order valence-corrected chi connectivity index (χ0v) is 9.12. The molecular formula is C11H20O3. The van der Waals surface area contributed by atoms with Crippen LogP contribution in [0.25, 0.3) is 0 Å². The molecule has 0 amide bonds. The quantitative estimate of drug-likeness (QED) is 0.342. The Morgan fingerprint density at radius 2 is 2.00 bits per heavy atom. The van der Waals surface area contributed by atoms with E-state index in [1.54, 1.807) is 6.08 Å². The van der Waals surface area contributed by atoms with Crippen LogP contribution in [0.2, 0.25) is 0 Å². The van der Waals surface area contributed by atoms with Crippen LogP contribution in [0, 0.1) is 0 Å². The third kappa shape index (κ3) is 9.26. The first kappa shape index (κ1) is 13.2. The van der Waals surface area contributed by atoms with Gasteiger partial charge in [-0.25, -0.2) is 4.79 Å². The van der Waals surface area contributed by atoms with Crippen LogP contribution >= 0.6 is 0 Å². The van der Waals surface area contributed by atoms with Crippen LogP contribution in [0.4, 0.5) is 0 Å². The number of unbranched alkanes of at least 4 members (excludes halogenated alkanes) is 1. The van der Waals surface area contributed by atoms with Crippen molar-refractivity contribution in [3.63, 3.8) is 0 Å². The molecule has 0 rings (SSSR count). The molecule has 0 aromatic heterocycles. The predicted molar refractivity (Wildman–Crippen MR) is 56.1 cm³/mol. The maximum Gasteiger partial charge on any atom is 0.330 e. The minimum absolute atomic E-state index is 0.286. The van der Waals surface area contributed by atoms with Crippen LogP contribution in [0.15, 0.2) is 12.2 Å². The van der Waals surface area contributed by atoms with Crippen LogP contribution in [0.1, 0.15) is 33.1 Å². The molecule has 0 aromatic rings. The van der Waals surface area contributed by atoms with Gasteiger partial charge in [-0.3, -0.25) is 0 Å². The predicted octanol–water partition coefficient (Wildman–Crippen LogP) is 2.31. The molecule has 0 unspecified atom stereocenters. The van der Waals surface area contributed by atoms with Crippen molar-refractivity contribution < 1.29 is 14.3 Å². The fraction of sp³-hybridized carbons (Fsp3) is 0.727. The molecule has 0 fully saturated rings. The number of hydrogen-bond donors (Lipinski definition) is 0. The maximum atomic E-state index is 10.9. The molecule has 82 valence electrons. The van der Waals surface area contributed by atoms with Crippen molar-refractivity contribution in [2.24, 2.45) is 0 Å². The summed E-state index contributed by atoms with van der Waals surface area (Å²) in [5, 5.41) is 0. The molecule has 0 radical (unpaired) electrons. The number of rotatable bonds is 8. The highest BCUT2D eigenvalue weighted by molar-refractivity contribution is 5.81. The second-order valence-electron chi connectivity index (χ2n) is 2.94. The third-order valence-corrected chi connectivity index (χ3v) is 1.60. The smallest absolute Gasteiger partial charge is 0.330 e. The first-order valence-electron chi connectivity index (χ1n) is 5.22. The van der Waals surface area contributed by atoms with E-state index >= 15 is 0 Å². The minimum Gasteiger partial charge on any atom is -0.460 e. The summed E-state index contributed by atoms with van der Waals surface area (Å²) in [7, 11) is 0. The molecule has 0 heterocycles. The van der Waals surface area contributed by atoms with E-state index in [2.05, 4.69) is 6.92 Å². The first-order valence-corrected chi connectivity index (χ1v) is 5.22. The average Bonchev–Trinajstić information content (AvgIpc) is 2.20. The molecule has 0 aromatic carbocycles. The molecule has 0 aliphatic heterocycles. The van der Waals surface area contributed by atoms with Gasteiger partial charge in [0.15, 0.2) is 0 Å². The van der Waals surface area contributed by atoms with E-state index in [-0.39, 0.29) is 5.97 Å². The Balaban J connectivity index is 3.19. The van der Waals surface area contributed by atoms with Gasteiger partial charge in [-0.15, -0.1) is 0 Å². The Morgan fingerprint density at radius 1 is 1.21 bits per heavy atom. The van der Waals surface area contributed by atoms with Gasteiger partial charge in [0.05, 0.1) is 6.61 Å². The molecule has 0 spiro atoms. The van der Waals surface area contributed by atoms with E-state index < -0.39 is 0 Å². The van der Waals surface area contributed by atoms with E-state index in [0.717, 1.165) is 25.9 Å². The molecule has 0 bridgehead atoms. The Labute approximate surface area is 86.1 Å². The van der Waals surface area contributed by atoms with Crippen molar-refractivity contribution in [1.82, 2.24) is 0 Å². The van der Waals surface area contributed by atoms with Crippen LogP contribution < -0.4 is 0 Å². The molecule has 0 aliphatic carbocycles. The van der Waals surface area contributed by atoms with Gasteiger partial charge in [-0.05, 0) is 12.8 Å². The molecule has 0 saturated carbocycles. The number of ether oxygens (including phenoxy) is 2. The Morgan fingerprint density at radius 3 is 2.64 bits per heavy atom. The Bertz CT molecular complexity index is 164. The van der Waals surface area contributed by atoms with Gasteiger partial charge in [-0.1, -0.05) is 26.3 Å². The largest absolute Gasteiger partial charge is 0.460 e. The van der Waals surface area contributed by atoms with Gasteiger partial charge in [0.1, 0.15) is 6.61 Å². The Kier molecular flexibility index (Phi) is 9.64. The monoisotopic (exact) mass is 200 g/mol. The van der Waals surface area contributed by atoms with Crippen molar-refractivity contribution in [2.45, 2.75) is 33.1 Å². The summed E-state index contributed by atoms with van der Waals surface area (Å²) >= 11 is 0. The summed E-state index contributed by atoms with van der Waals surface area (Å²) in [6.07, 6.45) is 6.26.